The molecule has 0 atom stereocenters. The first kappa shape index (κ1) is 15.2. The summed E-state index contributed by atoms with van der Waals surface area (Å²) >= 11 is 3.42. The number of nitrogens with one attached hydrogen (secondary N) is 1. The molecule has 5 heteroatoms. The molecule has 0 saturated carbocycles. The molecule has 2 aromatic rings. The highest BCUT2D eigenvalue weighted by Gasteiger charge is 2.10. The Bertz CT molecular complexity index is 543. The zero-order valence-electron chi connectivity index (χ0n) is 12.1. The van der Waals surface area contributed by atoms with E-state index in [1.807, 2.05) is 12.1 Å². The molecule has 1 N–H and O–H groups in total. The van der Waals surface area contributed by atoms with Gasteiger partial charge >= 0.3 is 0 Å². The van der Waals surface area contributed by atoms with Crippen molar-refractivity contribution < 1.29 is 4.42 Å². The molecule has 0 amide bonds. The summed E-state index contributed by atoms with van der Waals surface area (Å²) in [5.74, 6) is 1.35. The van der Waals surface area contributed by atoms with E-state index in [0.717, 1.165) is 23.0 Å². The molecule has 0 fully saturated rings. The second-order valence-electron chi connectivity index (χ2n) is 5.82. The molecule has 4 nitrogen and oxygen atoms in total. The Balaban J connectivity index is 1.87. The molecule has 1 aromatic carbocycles. The average Bonchev–Trinajstić information content (AvgIpc) is 2.78. The maximum Gasteiger partial charge on any atom is 0.220 e. The molecule has 1 aromatic heterocycles. The van der Waals surface area contributed by atoms with Crippen LogP contribution in [0.15, 0.2) is 33.2 Å². The minimum Gasteiger partial charge on any atom is -0.425 e. The van der Waals surface area contributed by atoms with Gasteiger partial charge in [-0.2, -0.15) is 0 Å². The summed E-state index contributed by atoms with van der Waals surface area (Å²) in [6.07, 6.45) is 1.43. The normalized spacial score (nSPS) is 11.8. The van der Waals surface area contributed by atoms with Crippen LogP contribution < -0.4 is 5.32 Å². The van der Waals surface area contributed by atoms with Crippen molar-refractivity contribution >= 4 is 15.9 Å². The van der Waals surface area contributed by atoms with Crippen LogP contribution >= 0.6 is 15.9 Å². The van der Waals surface area contributed by atoms with E-state index in [1.54, 1.807) is 0 Å². The topological polar surface area (TPSA) is 51.0 Å². The lowest BCUT2D eigenvalue weighted by Crippen LogP contribution is -2.37. The van der Waals surface area contributed by atoms with E-state index in [4.69, 9.17) is 4.42 Å². The van der Waals surface area contributed by atoms with Gasteiger partial charge in [-0.1, -0.05) is 28.1 Å². The van der Waals surface area contributed by atoms with Gasteiger partial charge in [-0.3, -0.25) is 0 Å². The predicted molar refractivity (Wildman–Crippen MR) is 82.7 cm³/mol. The number of rotatable bonds is 5. The Morgan fingerprint density at radius 2 is 1.75 bits per heavy atom. The van der Waals surface area contributed by atoms with Crippen LogP contribution in [0.25, 0.3) is 0 Å². The van der Waals surface area contributed by atoms with Gasteiger partial charge in [0.25, 0.3) is 0 Å². The lowest BCUT2D eigenvalue weighted by Gasteiger charge is -2.19. The summed E-state index contributed by atoms with van der Waals surface area (Å²) in [6, 6.07) is 8.13. The molecule has 0 unspecified atom stereocenters. The van der Waals surface area contributed by atoms with E-state index in [9.17, 15) is 0 Å². The minimum absolute atomic E-state index is 0.111. The number of halogens is 1. The zero-order chi connectivity index (χ0) is 14.6. The van der Waals surface area contributed by atoms with Crippen LogP contribution in [-0.4, -0.2) is 22.3 Å². The third-order valence-corrected chi connectivity index (χ3v) is 3.30. The molecule has 20 heavy (non-hydrogen) atoms. The highest BCUT2D eigenvalue weighted by Crippen LogP contribution is 2.13. The Morgan fingerprint density at radius 1 is 1.10 bits per heavy atom. The van der Waals surface area contributed by atoms with Crippen LogP contribution in [0.1, 0.15) is 38.1 Å². The highest BCUT2D eigenvalue weighted by molar-refractivity contribution is 9.10. The van der Waals surface area contributed by atoms with Crippen LogP contribution in [0.2, 0.25) is 0 Å². The van der Waals surface area contributed by atoms with Crippen molar-refractivity contribution in [1.29, 1.82) is 0 Å². The van der Waals surface area contributed by atoms with Crippen molar-refractivity contribution in [3.8, 4) is 0 Å². The van der Waals surface area contributed by atoms with Gasteiger partial charge in [-0.05, 0) is 38.5 Å². The van der Waals surface area contributed by atoms with Gasteiger partial charge in [0, 0.05) is 23.0 Å². The first-order valence-electron chi connectivity index (χ1n) is 6.73. The van der Waals surface area contributed by atoms with Gasteiger partial charge in [0.15, 0.2) is 0 Å². The van der Waals surface area contributed by atoms with Crippen molar-refractivity contribution in [1.82, 2.24) is 15.5 Å². The van der Waals surface area contributed by atoms with Gasteiger partial charge in [0.05, 0.1) is 6.42 Å². The largest absolute Gasteiger partial charge is 0.425 e. The smallest absolute Gasteiger partial charge is 0.220 e. The zero-order valence-corrected chi connectivity index (χ0v) is 13.7. The maximum absolute atomic E-state index is 5.66. The second kappa shape index (κ2) is 6.50. The maximum atomic E-state index is 5.66. The van der Waals surface area contributed by atoms with Crippen LogP contribution in [-0.2, 0) is 12.8 Å². The van der Waals surface area contributed by atoms with E-state index in [2.05, 4.69) is 64.3 Å². The number of hydrogen-bond donors (Lipinski definition) is 1. The molecule has 0 radical (unpaired) electrons. The average molecular weight is 338 g/mol. The van der Waals surface area contributed by atoms with Crippen LogP contribution in [0.3, 0.4) is 0 Å². The molecule has 0 aliphatic carbocycles. The number of aromatic nitrogens is 2. The summed E-state index contributed by atoms with van der Waals surface area (Å²) in [6.45, 7) is 7.25. The molecule has 0 saturated heterocycles. The number of nitrogens with zero attached hydrogens (tertiary/aromatic N) is 2. The van der Waals surface area contributed by atoms with Crippen molar-refractivity contribution in [3.63, 3.8) is 0 Å². The van der Waals surface area contributed by atoms with E-state index in [-0.39, 0.29) is 5.54 Å². The number of hydrogen-bond acceptors (Lipinski definition) is 4. The van der Waals surface area contributed by atoms with Gasteiger partial charge in [-0.15, -0.1) is 10.2 Å². The van der Waals surface area contributed by atoms with Crippen molar-refractivity contribution in [2.75, 3.05) is 6.54 Å². The molecule has 108 valence electrons. The molecule has 0 bridgehead atoms. The van der Waals surface area contributed by atoms with Gasteiger partial charge in [0.2, 0.25) is 11.8 Å². The molecular formula is C15H20BrN3O. The third kappa shape index (κ3) is 5.06. The first-order chi connectivity index (χ1) is 9.42. The number of benzene rings is 1. The predicted octanol–water partition coefficient (Wildman–Crippen LogP) is 3.35. The lowest BCUT2D eigenvalue weighted by molar-refractivity contribution is 0.403. The Labute approximate surface area is 128 Å². The van der Waals surface area contributed by atoms with E-state index >= 15 is 0 Å². The summed E-state index contributed by atoms with van der Waals surface area (Å²) in [4.78, 5) is 0. The van der Waals surface area contributed by atoms with Crippen molar-refractivity contribution in [2.24, 2.45) is 0 Å². The highest BCUT2D eigenvalue weighted by atomic mass is 79.9. The van der Waals surface area contributed by atoms with Crippen LogP contribution in [0, 0.1) is 0 Å². The summed E-state index contributed by atoms with van der Waals surface area (Å²) in [5, 5.41) is 11.6. The summed E-state index contributed by atoms with van der Waals surface area (Å²) in [5.41, 5.74) is 1.27. The van der Waals surface area contributed by atoms with E-state index in [1.165, 1.54) is 0 Å². The Hall–Kier alpha value is -1.20. The molecule has 0 spiro atoms. The van der Waals surface area contributed by atoms with Crippen molar-refractivity contribution in [2.45, 2.75) is 39.2 Å². The fourth-order valence-corrected chi connectivity index (χ4v) is 2.05. The standard InChI is InChI=1S/C15H20BrN3O/c1-15(2,3)17-9-8-13-18-19-14(20-13)10-11-4-6-12(16)7-5-11/h4-7,17H,8-10H2,1-3H3. The minimum atomic E-state index is 0.111. The van der Waals surface area contributed by atoms with E-state index < -0.39 is 0 Å². The second-order valence-corrected chi connectivity index (χ2v) is 6.74. The van der Waals surface area contributed by atoms with Crippen LogP contribution in [0.4, 0.5) is 0 Å². The first-order valence-corrected chi connectivity index (χ1v) is 7.52. The molecule has 0 aliphatic heterocycles. The van der Waals surface area contributed by atoms with Gasteiger partial charge in [-0.25, -0.2) is 0 Å². The lowest BCUT2D eigenvalue weighted by atomic mass is 10.1. The fourth-order valence-electron chi connectivity index (χ4n) is 1.78. The monoisotopic (exact) mass is 337 g/mol. The molecule has 0 aliphatic rings. The summed E-state index contributed by atoms with van der Waals surface area (Å²) in [7, 11) is 0. The molecule has 2 rings (SSSR count). The quantitative estimate of drug-likeness (QED) is 0.908. The summed E-state index contributed by atoms with van der Waals surface area (Å²) < 4.78 is 6.73. The Morgan fingerprint density at radius 3 is 2.40 bits per heavy atom. The fraction of sp³-hybridized carbons (Fsp3) is 0.467. The third-order valence-electron chi connectivity index (χ3n) is 2.77. The molecular weight excluding hydrogens is 318 g/mol. The SMILES string of the molecule is CC(C)(C)NCCc1nnc(Cc2ccc(Br)cc2)o1. The van der Waals surface area contributed by atoms with Gasteiger partial charge < -0.3 is 9.73 Å². The Kier molecular flexibility index (Phi) is 4.94. The van der Waals surface area contributed by atoms with Gasteiger partial charge in [0.1, 0.15) is 0 Å². The van der Waals surface area contributed by atoms with Crippen molar-refractivity contribution in [3.05, 3.63) is 46.1 Å². The van der Waals surface area contributed by atoms with E-state index in [0.29, 0.717) is 18.2 Å². The van der Waals surface area contributed by atoms with Crippen LogP contribution in [0.5, 0.6) is 0 Å². The molecule has 1 heterocycles.